The number of hydrogen-bond donors (Lipinski definition) is 2. The Kier molecular flexibility index (Phi) is 3.95. The molecule has 1 aliphatic rings. The standard InChI is InChI=1S/C10H17NO3/c1-8(13)6-10(14)11-4-2-9(7-12)3-5-11/h6,9,12-13H,2-5,7H2,1H3. The molecule has 1 fully saturated rings. The molecule has 4 nitrogen and oxygen atoms in total. The molecule has 1 amide bonds. The van der Waals surface area contributed by atoms with Crippen molar-refractivity contribution in [1.82, 2.24) is 4.90 Å². The molecule has 0 unspecified atom stereocenters. The van der Waals surface area contributed by atoms with E-state index < -0.39 is 0 Å². The van der Waals surface area contributed by atoms with Crippen LogP contribution < -0.4 is 0 Å². The van der Waals surface area contributed by atoms with Gasteiger partial charge in [-0.3, -0.25) is 4.79 Å². The number of aliphatic hydroxyl groups is 2. The number of carbonyl (C=O) groups is 1. The van der Waals surface area contributed by atoms with Gasteiger partial charge in [-0.05, 0) is 25.7 Å². The third-order valence-electron chi connectivity index (χ3n) is 2.52. The second kappa shape index (κ2) is 5.00. The van der Waals surface area contributed by atoms with Crippen LogP contribution >= 0.6 is 0 Å². The van der Waals surface area contributed by atoms with Crippen molar-refractivity contribution in [2.45, 2.75) is 19.8 Å². The molecule has 4 heteroatoms. The first-order valence-electron chi connectivity index (χ1n) is 4.90. The van der Waals surface area contributed by atoms with Gasteiger partial charge in [0.15, 0.2) is 0 Å². The monoisotopic (exact) mass is 199 g/mol. The van der Waals surface area contributed by atoms with Crippen LogP contribution in [0.15, 0.2) is 11.8 Å². The second-order valence-electron chi connectivity index (χ2n) is 3.74. The van der Waals surface area contributed by atoms with Gasteiger partial charge in [0.25, 0.3) is 0 Å². The lowest BCUT2D eigenvalue weighted by Crippen LogP contribution is -2.38. The molecule has 1 saturated heterocycles. The van der Waals surface area contributed by atoms with Crippen LogP contribution in [0.4, 0.5) is 0 Å². The molecule has 0 bridgehead atoms. The van der Waals surface area contributed by atoms with Crippen LogP contribution in [-0.4, -0.2) is 40.7 Å². The van der Waals surface area contributed by atoms with Gasteiger partial charge in [-0.25, -0.2) is 0 Å². The van der Waals surface area contributed by atoms with Crippen LogP contribution in [0.3, 0.4) is 0 Å². The summed E-state index contributed by atoms with van der Waals surface area (Å²) in [6.45, 7) is 3.04. The number of carbonyl (C=O) groups excluding carboxylic acids is 1. The number of hydrogen-bond acceptors (Lipinski definition) is 3. The average Bonchev–Trinajstić information content (AvgIpc) is 2.17. The van der Waals surface area contributed by atoms with Crippen molar-refractivity contribution >= 4 is 5.91 Å². The first kappa shape index (κ1) is 11.0. The van der Waals surface area contributed by atoms with Gasteiger partial charge in [-0.15, -0.1) is 0 Å². The predicted octanol–water partition coefficient (Wildman–Crippen LogP) is 0.679. The zero-order valence-electron chi connectivity index (χ0n) is 8.44. The molecule has 0 spiro atoms. The fourth-order valence-corrected chi connectivity index (χ4v) is 1.61. The van der Waals surface area contributed by atoms with Gasteiger partial charge in [0, 0.05) is 25.8 Å². The Morgan fingerprint density at radius 2 is 2.07 bits per heavy atom. The zero-order chi connectivity index (χ0) is 10.6. The van der Waals surface area contributed by atoms with E-state index >= 15 is 0 Å². The zero-order valence-corrected chi connectivity index (χ0v) is 8.44. The van der Waals surface area contributed by atoms with E-state index in [0.29, 0.717) is 19.0 Å². The summed E-state index contributed by atoms with van der Waals surface area (Å²) in [4.78, 5) is 13.1. The van der Waals surface area contributed by atoms with E-state index in [1.807, 2.05) is 0 Å². The van der Waals surface area contributed by atoms with Crippen molar-refractivity contribution in [2.75, 3.05) is 19.7 Å². The molecule has 0 aliphatic carbocycles. The molecule has 0 aromatic heterocycles. The Labute approximate surface area is 83.8 Å². The summed E-state index contributed by atoms with van der Waals surface area (Å²) < 4.78 is 0. The molecule has 1 rings (SSSR count). The maximum Gasteiger partial charge on any atom is 0.249 e. The normalized spacial score (nSPS) is 19.9. The summed E-state index contributed by atoms with van der Waals surface area (Å²) >= 11 is 0. The number of rotatable bonds is 2. The smallest absolute Gasteiger partial charge is 0.249 e. The van der Waals surface area contributed by atoms with Gasteiger partial charge in [0.1, 0.15) is 0 Å². The van der Waals surface area contributed by atoms with Crippen LogP contribution in [0.25, 0.3) is 0 Å². The summed E-state index contributed by atoms with van der Waals surface area (Å²) in [6.07, 6.45) is 2.93. The van der Waals surface area contributed by atoms with Gasteiger partial charge in [-0.2, -0.15) is 0 Å². The van der Waals surface area contributed by atoms with Crippen LogP contribution in [0, 0.1) is 5.92 Å². The van der Waals surface area contributed by atoms with E-state index in [4.69, 9.17) is 10.2 Å². The predicted molar refractivity (Wildman–Crippen MR) is 52.8 cm³/mol. The molecule has 14 heavy (non-hydrogen) atoms. The van der Waals surface area contributed by atoms with Gasteiger partial charge in [-0.1, -0.05) is 0 Å². The lowest BCUT2D eigenvalue weighted by atomic mass is 9.98. The summed E-state index contributed by atoms with van der Waals surface area (Å²) in [5.41, 5.74) is 0. The van der Waals surface area contributed by atoms with E-state index in [1.54, 1.807) is 4.90 Å². The highest BCUT2D eigenvalue weighted by Crippen LogP contribution is 2.16. The van der Waals surface area contributed by atoms with Gasteiger partial charge in [0.2, 0.25) is 5.91 Å². The third kappa shape index (κ3) is 3.03. The van der Waals surface area contributed by atoms with Crippen molar-refractivity contribution in [1.29, 1.82) is 0 Å². The average molecular weight is 199 g/mol. The largest absolute Gasteiger partial charge is 0.512 e. The highest BCUT2D eigenvalue weighted by molar-refractivity contribution is 5.87. The highest BCUT2D eigenvalue weighted by atomic mass is 16.3. The van der Waals surface area contributed by atoms with Crippen molar-refractivity contribution in [2.24, 2.45) is 5.92 Å². The maximum atomic E-state index is 11.4. The third-order valence-corrected chi connectivity index (χ3v) is 2.52. The number of allylic oxidation sites excluding steroid dienone is 1. The summed E-state index contributed by atoms with van der Waals surface area (Å²) in [5.74, 6) is 0.235. The lowest BCUT2D eigenvalue weighted by Gasteiger charge is -2.30. The first-order chi connectivity index (χ1) is 6.63. The molecule has 1 aliphatic heterocycles. The summed E-state index contributed by atoms with van der Waals surface area (Å²) in [5, 5.41) is 17.8. The summed E-state index contributed by atoms with van der Waals surface area (Å²) in [6, 6.07) is 0. The molecule has 0 radical (unpaired) electrons. The fraction of sp³-hybridized carbons (Fsp3) is 0.700. The summed E-state index contributed by atoms with van der Waals surface area (Å²) in [7, 11) is 0. The number of nitrogens with zero attached hydrogens (tertiary/aromatic N) is 1. The molecule has 0 atom stereocenters. The van der Waals surface area contributed by atoms with Gasteiger partial charge < -0.3 is 15.1 Å². The molecule has 0 aromatic rings. The van der Waals surface area contributed by atoms with E-state index in [-0.39, 0.29) is 18.3 Å². The molecule has 80 valence electrons. The molecule has 2 N–H and O–H groups in total. The minimum absolute atomic E-state index is 0.0410. The number of amides is 1. The van der Waals surface area contributed by atoms with Crippen molar-refractivity contribution in [3.63, 3.8) is 0 Å². The van der Waals surface area contributed by atoms with Crippen LogP contribution in [0.1, 0.15) is 19.8 Å². The first-order valence-corrected chi connectivity index (χ1v) is 4.90. The Hall–Kier alpha value is -1.03. The molecule has 1 heterocycles. The fourth-order valence-electron chi connectivity index (χ4n) is 1.61. The van der Waals surface area contributed by atoms with Crippen LogP contribution in [-0.2, 0) is 4.79 Å². The number of piperidine rings is 1. The SMILES string of the molecule is CC(O)=CC(=O)N1CCC(CO)CC1. The van der Waals surface area contributed by atoms with Gasteiger partial charge >= 0.3 is 0 Å². The van der Waals surface area contributed by atoms with Crippen molar-refractivity contribution in [3.8, 4) is 0 Å². The van der Waals surface area contributed by atoms with E-state index in [9.17, 15) is 4.79 Å². The van der Waals surface area contributed by atoms with E-state index in [0.717, 1.165) is 12.8 Å². The Bertz CT molecular complexity index is 226. The van der Waals surface area contributed by atoms with E-state index in [2.05, 4.69) is 0 Å². The topological polar surface area (TPSA) is 60.8 Å². The molecule has 0 saturated carbocycles. The Balaban J connectivity index is 2.42. The second-order valence-corrected chi connectivity index (χ2v) is 3.74. The van der Waals surface area contributed by atoms with Crippen LogP contribution in [0.5, 0.6) is 0 Å². The molecular formula is C10H17NO3. The Morgan fingerprint density at radius 1 is 1.50 bits per heavy atom. The minimum Gasteiger partial charge on any atom is -0.512 e. The number of aliphatic hydroxyl groups excluding tert-OH is 2. The number of likely N-dealkylation sites (tertiary alicyclic amines) is 1. The quantitative estimate of drug-likeness (QED) is 0.508. The van der Waals surface area contributed by atoms with Gasteiger partial charge in [0.05, 0.1) is 5.76 Å². The minimum atomic E-state index is -0.138. The van der Waals surface area contributed by atoms with E-state index in [1.165, 1.54) is 13.0 Å². The Morgan fingerprint density at radius 3 is 2.50 bits per heavy atom. The van der Waals surface area contributed by atoms with Crippen LogP contribution in [0.2, 0.25) is 0 Å². The highest BCUT2D eigenvalue weighted by Gasteiger charge is 2.20. The lowest BCUT2D eigenvalue weighted by molar-refractivity contribution is -0.127. The maximum absolute atomic E-state index is 11.4. The molecular weight excluding hydrogens is 182 g/mol. The van der Waals surface area contributed by atoms with Crippen molar-refractivity contribution in [3.05, 3.63) is 11.8 Å². The molecule has 0 aromatic carbocycles. The van der Waals surface area contributed by atoms with Crippen molar-refractivity contribution < 1.29 is 15.0 Å².